The Morgan fingerprint density at radius 1 is 1.25 bits per heavy atom. The summed E-state index contributed by atoms with van der Waals surface area (Å²) in [5.74, 6) is -1.62. The second-order valence-corrected chi connectivity index (χ2v) is 5.33. The van der Waals surface area contributed by atoms with Crippen LogP contribution in [0.25, 0.3) is 0 Å². The first-order valence-corrected chi connectivity index (χ1v) is 7.19. The maximum atomic E-state index is 14.5. The van der Waals surface area contributed by atoms with Gasteiger partial charge in [0.2, 0.25) is 5.85 Å². The van der Waals surface area contributed by atoms with E-state index in [9.17, 15) is 9.18 Å². The van der Waals surface area contributed by atoms with Crippen molar-refractivity contribution >= 4 is 5.78 Å². The number of hydrogen-bond acceptors (Lipinski definition) is 2. The largest absolute Gasteiger partial charge is 0.338 e. The highest BCUT2D eigenvalue weighted by molar-refractivity contribution is 5.93. The summed E-state index contributed by atoms with van der Waals surface area (Å²) in [6.45, 7) is 1.75. The van der Waals surface area contributed by atoms with E-state index in [1.54, 1.807) is 18.2 Å². The van der Waals surface area contributed by atoms with Crippen LogP contribution in [-0.2, 0) is 11.3 Å². The summed E-state index contributed by atoms with van der Waals surface area (Å²) in [6, 6.07) is 7.12. The Bertz CT molecular complexity index is 478. The minimum atomic E-state index is -1.65. The van der Waals surface area contributed by atoms with Crippen molar-refractivity contribution in [1.82, 2.24) is 0 Å². The summed E-state index contributed by atoms with van der Waals surface area (Å²) in [5.41, 5.74) is 1.54. The van der Waals surface area contributed by atoms with E-state index in [1.165, 1.54) is 6.92 Å². The zero-order valence-corrected chi connectivity index (χ0v) is 11.9. The lowest BCUT2D eigenvalue weighted by molar-refractivity contribution is -0.123. The third kappa shape index (κ3) is 4.27. The zero-order valence-electron chi connectivity index (χ0n) is 11.9. The molecule has 1 atom stereocenters. The average molecular weight is 276 g/mol. The molecule has 0 amide bonds. The Morgan fingerprint density at radius 3 is 2.70 bits per heavy atom. The van der Waals surface area contributed by atoms with Crippen molar-refractivity contribution in [2.75, 3.05) is 0 Å². The monoisotopic (exact) mass is 276 g/mol. The summed E-state index contributed by atoms with van der Waals surface area (Å²) in [5, 5.41) is 0. The highest BCUT2D eigenvalue weighted by Gasteiger charge is 2.27. The van der Waals surface area contributed by atoms with Gasteiger partial charge in [-0.1, -0.05) is 36.8 Å². The lowest BCUT2D eigenvalue weighted by Crippen LogP contribution is -2.24. The number of halogens is 1. The molecule has 0 fully saturated rings. The van der Waals surface area contributed by atoms with Crippen LogP contribution < -0.4 is 0 Å². The summed E-state index contributed by atoms with van der Waals surface area (Å²) < 4.78 is 20.0. The molecule has 0 saturated carbocycles. The van der Waals surface area contributed by atoms with Crippen molar-refractivity contribution in [2.45, 2.75) is 51.5 Å². The number of Topliss-reactive ketones (excluding diaryl/α,β-unsaturated/α-hetero) is 1. The Balaban J connectivity index is 1.96. The van der Waals surface area contributed by atoms with Crippen molar-refractivity contribution in [3.63, 3.8) is 0 Å². The first-order valence-electron chi connectivity index (χ1n) is 7.19. The zero-order chi connectivity index (χ0) is 14.4. The number of carbonyl (C=O) groups is 1. The SMILES string of the molecule is CC(=O)c1ccc(COC2(F)/C=C\CCCCC2)cc1. The molecule has 108 valence electrons. The Hall–Kier alpha value is -1.48. The molecule has 0 radical (unpaired) electrons. The van der Waals surface area contributed by atoms with Gasteiger partial charge in [0.15, 0.2) is 5.78 Å². The molecule has 0 spiro atoms. The van der Waals surface area contributed by atoms with Gasteiger partial charge in [-0.05, 0) is 37.8 Å². The van der Waals surface area contributed by atoms with E-state index in [1.807, 2.05) is 18.2 Å². The fraction of sp³-hybridized carbons (Fsp3) is 0.471. The molecule has 20 heavy (non-hydrogen) atoms. The Kier molecular flexibility index (Phi) is 5.07. The molecule has 0 saturated heterocycles. The van der Waals surface area contributed by atoms with E-state index in [0.29, 0.717) is 12.0 Å². The fourth-order valence-electron chi connectivity index (χ4n) is 2.31. The molecule has 0 bridgehead atoms. The molecule has 1 aliphatic rings. The number of allylic oxidation sites excluding steroid dienone is 1. The summed E-state index contributed by atoms with van der Waals surface area (Å²) >= 11 is 0. The van der Waals surface area contributed by atoms with Gasteiger partial charge in [-0.25, -0.2) is 4.39 Å². The molecule has 1 aliphatic carbocycles. The molecule has 1 aromatic carbocycles. The number of rotatable bonds is 4. The third-order valence-electron chi connectivity index (χ3n) is 3.59. The molecule has 0 aromatic heterocycles. The summed E-state index contributed by atoms with van der Waals surface area (Å²) in [6.07, 6.45) is 7.78. The minimum absolute atomic E-state index is 0.0300. The lowest BCUT2D eigenvalue weighted by atomic mass is 10.0. The van der Waals surface area contributed by atoms with E-state index < -0.39 is 5.85 Å². The van der Waals surface area contributed by atoms with Gasteiger partial charge in [0.05, 0.1) is 6.61 Å². The van der Waals surface area contributed by atoms with Crippen LogP contribution in [0, 0.1) is 0 Å². The number of alkyl halides is 1. The van der Waals surface area contributed by atoms with E-state index in [2.05, 4.69) is 0 Å². The van der Waals surface area contributed by atoms with Gasteiger partial charge in [-0.3, -0.25) is 4.79 Å². The molecule has 0 aliphatic heterocycles. The highest BCUT2D eigenvalue weighted by atomic mass is 19.2. The number of ether oxygens (including phenoxy) is 1. The normalized spacial score (nSPS) is 24.7. The van der Waals surface area contributed by atoms with Gasteiger partial charge in [-0.2, -0.15) is 0 Å². The molecule has 2 rings (SSSR count). The molecule has 2 nitrogen and oxygen atoms in total. The minimum Gasteiger partial charge on any atom is -0.338 e. The maximum absolute atomic E-state index is 14.5. The first-order chi connectivity index (χ1) is 9.59. The molecule has 0 heterocycles. The van der Waals surface area contributed by atoms with Crippen molar-refractivity contribution < 1.29 is 13.9 Å². The van der Waals surface area contributed by atoms with Crippen LogP contribution in [0.4, 0.5) is 4.39 Å². The van der Waals surface area contributed by atoms with E-state index in [4.69, 9.17) is 4.74 Å². The Labute approximate surface area is 119 Å². The van der Waals surface area contributed by atoms with Crippen LogP contribution in [0.1, 0.15) is 54.9 Å². The predicted molar refractivity (Wildman–Crippen MR) is 77.3 cm³/mol. The van der Waals surface area contributed by atoms with Crippen LogP contribution >= 0.6 is 0 Å². The quantitative estimate of drug-likeness (QED) is 0.594. The number of hydrogen-bond donors (Lipinski definition) is 0. The molecular weight excluding hydrogens is 255 g/mol. The average Bonchev–Trinajstić information content (AvgIpc) is 2.42. The second-order valence-electron chi connectivity index (χ2n) is 5.33. The first kappa shape index (κ1) is 14.9. The fourth-order valence-corrected chi connectivity index (χ4v) is 2.31. The predicted octanol–water partition coefficient (Wildman–Crippen LogP) is 4.59. The van der Waals surface area contributed by atoms with Crippen molar-refractivity contribution in [3.05, 3.63) is 47.5 Å². The van der Waals surface area contributed by atoms with Gasteiger partial charge < -0.3 is 4.74 Å². The van der Waals surface area contributed by atoms with Crippen molar-refractivity contribution in [3.8, 4) is 0 Å². The second kappa shape index (κ2) is 6.80. The standard InChI is InChI=1S/C17H21FO2/c1-14(19)16-9-7-15(8-10-16)13-20-17(18)11-5-3-2-4-6-12-17/h5,7-11H,2-4,6,12-13H2,1H3/b11-5-. The molecule has 1 aromatic rings. The topological polar surface area (TPSA) is 26.3 Å². The van der Waals surface area contributed by atoms with Gasteiger partial charge in [0, 0.05) is 12.0 Å². The van der Waals surface area contributed by atoms with Gasteiger partial charge in [0.1, 0.15) is 0 Å². The van der Waals surface area contributed by atoms with Crippen LogP contribution in [0.5, 0.6) is 0 Å². The highest BCUT2D eigenvalue weighted by Crippen LogP contribution is 2.27. The summed E-state index contributed by atoms with van der Waals surface area (Å²) in [4.78, 5) is 11.2. The maximum Gasteiger partial charge on any atom is 0.228 e. The molecule has 0 N–H and O–H groups in total. The van der Waals surface area contributed by atoms with Crippen molar-refractivity contribution in [2.24, 2.45) is 0 Å². The van der Waals surface area contributed by atoms with Gasteiger partial charge in [-0.15, -0.1) is 0 Å². The molecule has 3 heteroatoms. The molecular formula is C17H21FO2. The smallest absolute Gasteiger partial charge is 0.228 e. The van der Waals surface area contributed by atoms with E-state index >= 15 is 0 Å². The van der Waals surface area contributed by atoms with Crippen molar-refractivity contribution in [1.29, 1.82) is 0 Å². The third-order valence-corrected chi connectivity index (χ3v) is 3.59. The summed E-state index contributed by atoms with van der Waals surface area (Å²) in [7, 11) is 0. The van der Waals surface area contributed by atoms with Crippen LogP contribution in [0.15, 0.2) is 36.4 Å². The lowest BCUT2D eigenvalue weighted by Gasteiger charge is -2.23. The van der Waals surface area contributed by atoms with Crippen LogP contribution in [0.2, 0.25) is 0 Å². The molecule has 1 unspecified atom stereocenters. The van der Waals surface area contributed by atoms with E-state index in [0.717, 1.165) is 31.2 Å². The number of ketones is 1. The van der Waals surface area contributed by atoms with Gasteiger partial charge >= 0.3 is 0 Å². The van der Waals surface area contributed by atoms with E-state index in [-0.39, 0.29) is 12.4 Å². The Morgan fingerprint density at radius 2 is 2.00 bits per heavy atom. The number of benzene rings is 1. The van der Waals surface area contributed by atoms with Gasteiger partial charge in [0.25, 0.3) is 0 Å². The number of carbonyl (C=O) groups excluding carboxylic acids is 1. The van der Waals surface area contributed by atoms with Crippen LogP contribution in [0.3, 0.4) is 0 Å². The van der Waals surface area contributed by atoms with Crippen LogP contribution in [-0.4, -0.2) is 11.6 Å².